The van der Waals surface area contributed by atoms with Crippen molar-refractivity contribution in [3.8, 4) is 0 Å². The molecule has 0 bridgehead atoms. The van der Waals surface area contributed by atoms with Gasteiger partial charge < -0.3 is 10.6 Å². The molecular weight excluding hydrogens is 248 g/mol. The summed E-state index contributed by atoms with van der Waals surface area (Å²) in [5.74, 6) is 0. The quantitative estimate of drug-likeness (QED) is 0.834. The maximum absolute atomic E-state index is 12.0. The zero-order valence-corrected chi connectivity index (χ0v) is 13.2. The fourth-order valence-corrected chi connectivity index (χ4v) is 1.92. The molecule has 0 saturated carbocycles. The number of hydrogen-bond acceptors (Lipinski definition) is 1. The molecule has 0 aliphatic rings. The summed E-state index contributed by atoms with van der Waals surface area (Å²) in [7, 11) is 0. The Labute approximate surface area is 122 Å². The van der Waals surface area contributed by atoms with E-state index in [0.717, 1.165) is 18.5 Å². The van der Waals surface area contributed by atoms with Crippen LogP contribution in [-0.2, 0) is 12.8 Å². The minimum Gasteiger partial charge on any atom is -0.315 e. The number of amides is 2. The number of para-hydroxylation sites is 1. The number of carbonyl (C=O) groups excluding carboxylic acids is 1. The fraction of sp³-hybridized carbons (Fsp3) is 0.471. The normalized spacial score (nSPS) is 11.7. The lowest BCUT2D eigenvalue weighted by Gasteiger charge is -2.15. The highest BCUT2D eigenvalue weighted by atomic mass is 16.2. The molecule has 1 aromatic carbocycles. The second kappa shape index (κ2) is 7.13. The van der Waals surface area contributed by atoms with E-state index < -0.39 is 0 Å². The molecule has 0 aliphatic heterocycles. The predicted octanol–water partition coefficient (Wildman–Crippen LogP) is 4.49. The summed E-state index contributed by atoms with van der Waals surface area (Å²) in [6.45, 7) is 10.5. The second-order valence-electron chi connectivity index (χ2n) is 5.96. The van der Waals surface area contributed by atoms with E-state index >= 15 is 0 Å². The molecule has 20 heavy (non-hydrogen) atoms. The molecule has 2 N–H and O–H groups in total. The lowest BCUT2D eigenvalue weighted by molar-refractivity contribution is 0.255. The molecule has 0 heterocycles. The van der Waals surface area contributed by atoms with E-state index in [0.29, 0.717) is 0 Å². The predicted molar refractivity (Wildman–Crippen MR) is 85.9 cm³/mol. The largest absolute Gasteiger partial charge is 0.323 e. The van der Waals surface area contributed by atoms with Gasteiger partial charge in [0.15, 0.2) is 0 Å². The number of carbonyl (C=O) groups is 1. The van der Waals surface area contributed by atoms with Gasteiger partial charge in [0.25, 0.3) is 0 Å². The molecule has 2 amide bonds. The zero-order valence-electron chi connectivity index (χ0n) is 13.2. The first-order valence-corrected chi connectivity index (χ1v) is 7.23. The number of allylic oxidation sites excluding steroid dienone is 1. The van der Waals surface area contributed by atoms with Crippen molar-refractivity contribution in [2.45, 2.75) is 47.5 Å². The lowest BCUT2D eigenvalue weighted by atomic mass is 9.97. The summed E-state index contributed by atoms with van der Waals surface area (Å²) >= 11 is 0. The summed E-state index contributed by atoms with van der Waals surface area (Å²) in [6.07, 6.45) is 5.48. The Morgan fingerprint density at radius 2 is 1.70 bits per heavy atom. The van der Waals surface area contributed by atoms with Gasteiger partial charge in [0.1, 0.15) is 0 Å². The van der Waals surface area contributed by atoms with Crippen LogP contribution in [0, 0.1) is 5.41 Å². The molecule has 3 heteroatoms. The molecule has 0 aliphatic carbocycles. The molecule has 0 spiro atoms. The first-order chi connectivity index (χ1) is 9.37. The van der Waals surface area contributed by atoms with Crippen LogP contribution in [0.5, 0.6) is 0 Å². The summed E-state index contributed by atoms with van der Waals surface area (Å²) < 4.78 is 0. The van der Waals surface area contributed by atoms with E-state index in [9.17, 15) is 4.79 Å². The first-order valence-electron chi connectivity index (χ1n) is 7.23. The highest BCUT2D eigenvalue weighted by Crippen LogP contribution is 2.22. The van der Waals surface area contributed by atoms with Gasteiger partial charge in [-0.3, -0.25) is 0 Å². The van der Waals surface area contributed by atoms with Gasteiger partial charge in [-0.15, -0.1) is 0 Å². The first kappa shape index (κ1) is 16.3. The SMILES string of the molecule is CCc1cccc(CC)c1NC(=O)N/C=C/C(C)(C)C. The van der Waals surface area contributed by atoms with Crippen molar-refractivity contribution < 1.29 is 4.79 Å². The second-order valence-corrected chi connectivity index (χ2v) is 5.96. The van der Waals surface area contributed by atoms with Crippen LogP contribution in [0.2, 0.25) is 0 Å². The number of urea groups is 1. The zero-order chi connectivity index (χ0) is 15.2. The molecule has 1 rings (SSSR count). The van der Waals surface area contributed by atoms with Crippen molar-refractivity contribution in [1.82, 2.24) is 5.32 Å². The van der Waals surface area contributed by atoms with E-state index in [1.807, 2.05) is 12.1 Å². The van der Waals surface area contributed by atoms with Gasteiger partial charge in [-0.05, 0) is 29.4 Å². The molecule has 110 valence electrons. The lowest BCUT2D eigenvalue weighted by Crippen LogP contribution is -2.25. The number of aryl methyl sites for hydroxylation is 2. The Bertz CT molecular complexity index is 462. The van der Waals surface area contributed by atoms with E-state index in [2.05, 4.69) is 57.4 Å². The third kappa shape index (κ3) is 5.08. The van der Waals surface area contributed by atoms with E-state index in [4.69, 9.17) is 0 Å². The average Bonchev–Trinajstić information content (AvgIpc) is 2.37. The molecule has 0 atom stereocenters. The monoisotopic (exact) mass is 274 g/mol. The summed E-state index contributed by atoms with van der Waals surface area (Å²) in [4.78, 5) is 12.0. The van der Waals surface area contributed by atoms with Gasteiger partial charge in [0, 0.05) is 11.9 Å². The number of hydrogen-bond donors (Lipinski definition) is 2. The number of benzene rings is 1. The highest BCUT2D eigenvalue weighted by molar-refractivity contribution is 5.91. The minimum atomic E-state index is -0.193. The third-order valence-corrected chi connectivity index (χ3v) is 3.04. The average molecular weight is 274 g/mol. The molecule has 0 saturated heterocycles. The van der Waals surface area contributed by atoms with Gasteiger partial charge in [0.05, 0.1) is 0 Å². The maximum Gasteiger partial charge on any atom is 0.323 e. The fourth-order valence-electron chi connectivity index (χ4n) is 1.92. The van der Waals surface area contributed by atoms with E-state index in [-0.39, 0.29) is 11.4 Å². The molecule has 0 radical (unpaired) electrons. The minimum absolute atomic E-state index is 0.0587. The van der Waals surface area contributed by atoms with Crippen LogP contribution >= 0.6 is 0 Å². The van der Waals surface area contributed by atoms with Crippen molar-refractivity contribution in [3.63, 3.8) is 0 Å². The standard InChI is InChI=1S/C17H26N2O/c1-6-13-9-8-10-14(7-2)15(13)19-16(20)18-12-11-17(3,4)5/h8-12H,6-7H2,1-5H3,(H2,18,19,20)/b12-11+. The van der Waals surface area contributed by atoms with Gasteiger partial charge in [-0.25, -0.2) is 4.79 Å². The van der Waals surface area contributed by atoms with Crippen molar-refractivity contribution in [2.75, 3.05) is 5.32 Å². The smallest absolute Gasteiger partial charge is 0.315 e. The van der Waals surface area contributed by atoms with Crippen molar-refractivity contribution in [2.24, 2.45) is 5.41 Å². The van der Waals surface area contributed by atoms with Crippen LogP contribution in [0.15, 0.2) is 30.5 Å². The number of nitrogens with one attached hydrogen (secondary N) is 2. The summed E-state index contributed by atoms with van der Waals surface area (Å²) in [6, 6.07) is 5.96. The van der Waals surface area contributed by atoms with Crippen molar-refractivity contribution in [1.29, 1.82) is 0 Å². The highest BCUT2D eigenvalue weighted by Gasteiger charge is 2.09. The maximum atomic E-state index is 12.0. The Hall–Kier alpha value is -1.77. The Morgan fingerprint density at radius 1 is 1.15 bits per heavy atom. The molecule has 0 fully saturated rings. The summed E-state index contributed by atoms with van der Waals surface area (Å²) in [5.41, 5.74) is 3.33. The van der Waals surface area contributed by atoms with Crippen LogP contribution in [0.3, 0.4) is 0 Å². The number of anilines is 1. The van der Waals surface area contributed by atoms with Crippen molar-refractivity contribution >= 4 is 11.7 Å². The van der Waals surface area contributed by atoms with Crippen LogP contribution in [0.1, 0.15) is 45.7 Å². The number of rotatable bonds is 4. The Kier molecular flexibility index (Phi) is 5.81. The van der Waals surface area contributed by atoms with Gasteiger partial charge in [-0.2, -0.15) is 0 Å². The molecule has 3 nitrogen and oxygen atoms in total. The van der Waals surface area contributed by atoms with Gasteiger partial charge in [-0.1, -0.05) is 58.9 Å². The summed E-state index contributed by atoms with van der Waals surface area (Å²) in [5, 5.41) is 5.73. The molecular formula is C17H26N2O. The topological polar surface area (TPSA) is 41.1 Å². The molecule has 0 aromatic heterocycles. The van der Waals surface area contributed by atoms with Gasteiger partial charge >= 0.3 is 6.03 Å². The van der Waals surface area contributed by atoms with Crippen LogP contribution in [0.25, 0.3) is 0 Å². The van der Waals surface area contributed by atoms with Crippen LogP contribution < -0.4 is 10.6 Å². The van der Waals surface area contributed by atoms with Gasteiger partial charge in [0.2, 0.25) is 0 Å². The molecule has 1 aromatic rings. The third-order valence-electron chi connectivity index (χ3n) is 3.04. The van der Waals surface area contributed by atoms with Crippen LogP contribution in [-0.4, -0.2) is 6.03 Å². The Morgan fingerprint density at radius 3 is 2.15 bits per heavy atom. The van der Waals surface area contributed by atoms with E-state index in [1.165, 1.54) is 11.1 Å². The molecule has 0 unspecified atom stereocenters. The van der Waals surface area contributed by atoms with Crippen molar-refractivity contribution in [3.05, 3.63) is 41.6 Å². The van der Waals surface area contributed by atoms with E-state index in [1.54, 1.807) is 6.20 Å². The van der Waals surface area contributed by atoms with Crippen LogP contribution in [0.4, 0.5) is 10.5 Å². The Balaban J connectivity index is 2.78.